The zero-order valence-corrected chi connectivity index (χ0v) is 14.8. The molecule has 1 saturated heterocycles. The standard InChI is InChI=1S/C22H23N3O/c26-22(16-18-6-2-1-3-7-18)25-14-12-24(13-15-25)17-19-10-11-23-21-9-5-4-8-20(19)21/h1-11H,12-17H2. The van der Waals surface area contributed by atoms with Gasteiger partial charge in [-0.25, -0.2) is 0 Å². The van der Waals surface area contributed by atoms with Crippen molar-refractivity contribution in [3.05, 3.63) is 78.0 Å². The number of nitrogens with zero attached hydrogens (tertiary/aromatic N) is 3. The van der Waals surface area contributed by atoms with Crippen molar-refractivity contribution in [2.24, 2.45) is 0 Å². The molecule has 2 heterocycles. The zero-order chi connectivity index (χ0) is 17.8. The normalized spacial score (nSPS) is 15.3. The first-order valence-corrected chi connectivity index (χ1v) is 9.16. The highest BCUT2D eigenvalue weighted by atomic mass is 16.2. The van der Waals surface area contributed by atoms with Crippen molar-refractivity contribution in [1.29, 1.82) is 0 Å². The van der Waals surface area contributed by atoms with Crippen molar-refractivity contribution in [3.8, 4) is 0 Å². The van der Waals surface area contributed by atoms with Crippen LogP contribution in [0.4, 0.5) is 0 Å². The molecule has 0 saturated carbocycles. The number of fused-ring (bicyclic) bond motifs is 1. The third-order valence-corrected chi connectivity index (χ3v) is 5.06. The Morgan fingerprint density at radius 2 is 1.62 bits per heavy atom. The number of rotatable bonds is 4. The van der Waals surface area contributed by atoms with Gasteiger partial charge in [0.05, 0.1) is 11.9 Å². The van der Waals surface area contributed by atoms with Crippen LogP contribution in [0.3, 0.4) is 0 Å². The molecule has 0 radical (unpaired) electrons. The van der Waals surface area contributed by atoms with Gasteiger partial charge < -0.3 is 4.90 Å². The Morgan fingerprint density at radius 1 is 0.885 bits per heavy atom. The molecule has 0 bridgehead atoms. The van der Waals surface area contributed by atoms with Gasteiger partial charge in [-0.1, -0.05) is 48.5 Å². The summed E-state index contributed by atoms with van der Waals surface area (Å²) >= 11 is 0. The number of hydrogen-bond donors (Lipinski definition) is 0. The van der Waals surface area contributed by atoms with E-state index >= 15 is 0 Å². The van der Waals surface area contributed by atoms with Gasteiger partial charge in [-0.3, -0.25) is 14.7 Å². The van der Waals surface area contributed by atoms with Crippen molar-refractivity contribution < 1.29 is 4.79 Å². The summed E-state index contributed by atoms with van der Waals surface area (Å²) in [4.78, 5) is 21.4. The predicted molar refractivity (Wildman–Crippen MR) is 104 cm³/mol. The monoisotopic (exact) mass is 345 g/mol. The molecule has 0 unspecified atom stereocenters. The Hall–Kier alpha value is -2.72. The lowest BCUT2D eigenvalue weighted by molar-refractivity contribution is -0.132. The predicted octanol–water partition coefficient (Wildman–Crippen LogP) is 3.12. The summed E-state index contributed by atoms with van der Waals surface area (Å²) in [7, 11) is 0. The number of benzene rings is 2. The van der Waals surface area contributed by atoms with Gasteiger partial charge in [-0.15, -0.1) is 0 Å². The maximum atomic E-state index is 12.5. The first kappa shape index (κ1) is 16.7. The van der Waals surface area contributed by atoms with Crippen LogP contribution >= 0.6 is 0 Å². The lowest BCUT2D eigenvalue weighted by Gasteiger charge is -2.35. The number of hydrogen-bond acceptors (Lipinski definition) is 3. The van der Waals surface area contributed by atoms with Gasteiger partial charge in [-0.2, -0.15) is 0 Å². The van der Waals surface area contributed by atoms with E-state index in [-0.39, 0.29) is 5.91 Å². The maximum absolute atomic E-state index is 12.5. The molecule has 0 spiro atoms. The number of pyridine rings is 1. The second kappa shape index (κ2) is 7.67. The summed E-state index contributed by atoms with van der Waals surface area (Å²) in [5.74, 6) is 0.227. The first-order chi connectivity index (χ1) is 12.8. The van der Waals surface area contributed by atoms with Crippen molar-refractivity contribution in [1.82, 2.24) is 14.8 Å². The van der Waals surface area contributed by atoms with Gasteiger partial charge >= 0.3 is 0 Å². The molecule has 1 aromatic heterocycles. The Labute approximate surface area is 154 Å². The number of carbonyl (C=O) groups is 1. The highest BCUT2D eigenvalue weighted by Gasteiger charge is 2.21. The van der Waals surface area contributed by atoms with Crippen molar-refractivity contribution >= 4 is 16.8 Å². The van der Waals surface area contributed by atoms with E-state index in [1.54, 1.807) is 0 Å². The van der Waals surface area contributed by atoms with Crippen LogP contribution in [-0.4, -0.2) is 46.9 Å². The van der Waals surface area contributed by atoms with Crippen LogP contribution in [0.5, 0.6) is 0 Å². The number of aromatic nitrogens is 1. The first-order valence-electron chi connectivity index (χ1n) is 9.16. The molecule has 4 rings (SSSR count). The highest BCUT2D eigenvalue weighted by molar-refractivity contribution is 5.81. The molecule has 132 valence electrons. The minimum Gasteiger partial charge on any atom is -0.340 e. The van der Waals surface area contributed by atoms with Crippen LogP contribution in [0.2, 0.25) is 0 Å². The maximum Gasteiger partial charge on any atom is 0.227 e. The van der Waals surface area contributed by atoms with E-state index in [0.29, 0.717) is 6.42 Å². The number of piperazine rings is 1. The molecule has 1 fully saturated rings. The number of carbonyl (C=O) groups excluding carboxylic acids is 1. The van der Waals surface area contributed by atoms with Crippen molar-refractivity contribution in [2.75, 3.05) is 26.2 Å². The van der Waals surface area contributed by atoms with E-state index in [1.807, 2.05) is 47.5 Å². The second-order valence-electron chi connectivity index (χ2n) is 6.81. The van der Waals surface area contributed by atoms with Crippen LogP contribution < -0.4 is 0 Å². The summed E-state index contributed by atoms with van der Waals surface area (Å²) in [6.45, 7) is 4.33. The quantitative estimate of drug-likeness (QED) is 0.729. The Morgan fingerprint density at radius 3 is 2.42 bits per heavy atom. The molecule has 4 nitrogen and oxygen atoms in total. The Balaban J connectivity index is 1.35. The van der Waals surface area contributed by atoms with Crippen LogP contribution in [0.1, 0.15) is 11.1 Å². The van der Waals surface area contributed by atoms with E-state index in [9.17, 15) is 4.79 Å². The lowest BCUT2D eigenvalue weighted by Crippen LogP contribution is -2.48. The van der Waals surface area contributed by atoms with Crippen LogP contribution in [0.15, 0.2) is 66.9 Å². The van der Waals surface area contributed by atoms with Crippen LogP contribution in [0, 0.1) is 0 Å². The molecular formula is C22H23N3O. The van der Waals surface area contributed by atoms with Gasteiger partial charge in [0.1, 0.15) is 0 Å². The van der Waals surface area contributed by atoms with E-state index in [0.717, 1.165) is 43.8 Å². The van der Waals surface area contributed by atoms with Gasteiger partial charge in [0, 0.05) is 44.3 Å². The minimum atomic E-state index is 0.227. The zero-order valence-electron chi connectivity index (χ0n) is 14.8. The van der Waals surface area contributed by atoms with E-state index in [2.05, 4.69) is 34.1 Å². The van der Waals surface area contributed by atoms with Crippen LogP contribution in [0.25, 0.3) is 10.9 Å². The number of para-hydroxylation sites is 1. The largest absolute Gasteiger partial charge is 0.340 e. The summed E-state index contributed by atoms with van der Waals surface area (Å²) in [6, 6.07) is 20.4. The lowest BCUT2D eigenvalue weighted by atomic mass is 10.1. The average Bonchev–Trinajstić information content (AvgIpc) is 2.70. The molecular weight excluding hydrogens is 322 g/mol. The van der Waals surface area contributed by atoms with Gasteiger partial charge in [0.25, 0.3) is 0 Å². The van der Waals surface area contributed by atoms with E-state index in [4.69, 9.17) is 0 Å². The molecule has 0 atom stereocenters. The SMILES string of the molecule is O=C(Cc1ccccc1)N1CCN(Cc2ccnc3ccccc23)CC1. The molecule has 0 N–H and O–H groups in total. The minimum absolute atomic E-state index is 0.227. The van der Waals surface area contributed by atoms with Gasteiger partial charge in [0.2, 0.25) is 5.91 Å². The summed E-state index contributed by atoms with van der Waals surface area (Å²) < 4.78 is 0. The van der Waals surface area contributed by atoms with Gasteiger partial charge in [-0.05, 0) is 23.3 Å². The molecule has 1 aliphatic rings. The smallest absolute Gasteiger partial charge is 0.227 e. The van der Waals surface area contributed by atoms with E-state index < -0.39 is 0 Å². The fourth-order valence-corrected chi connectivity index (χ4v) is 3.57. The molecule has 2 aromatic carbocycles. The molecule has 0 aliphatic carbocycles. The third kappa shape index (κ3) is 3.75. The third-order valence-electron chi connectivity index (χ3n) is 5.06. The average molecular weight is 345 g/mol. The molecule has 1 amide bonds. The molecule has 4 heteroatoms. The Bertz CT molecular complexity index is 881. The topological polar surface area (TPSA) is 36.4 Å². The Kier molecular flexibility index (Phi) is 4.93. The summed E-state index contributed by atoms with van der Waals surface area (Å²) in [5, 5.41) is 1.22. The second-order valence-corrected chi connectivity index (χ2v) is 6.81. The van der Waals surface area contributed by atoms with Crippen molar-refractivity contribution in [2.45, 2.75) is 13.0 Å². The summed E-state index contributed by atoms with van der Waals surface area (Å²) in [6.07, 6.45) is 2.38. The van der Waals surface area contributed by atoms with Crippen molar-refractivity contribution in [3.63, 3.8) is 0 Å². The van der Waals surface area contributed by atoms with E-state index in [1.165, 1.54) is 10.9 Å². The highest BCUT2D eigenvalue weighted by Crippen LogP contribution is 2.19. The molecule has 26 heavy (non-hydrogen) atoms. The fourth-order valence-electron chi connectivity index (χ4n) is 3.57. The number of amides is 1. The molecule has 3 aromatic rings. The fraction of sp³-hybridized carbons (Fsp3) is 0.273. The summed E-state index contributed by atoms with van der Waals surface area (Å²) in [5.41, 5.74) is 3.43. The molecule has 1 aliphatic heterocycles. The van der Waals surface area contributed by atoms with Gasteiger partial charge in [0.15, 0.2) is 0 Å². The van der Waals surface area contributed by atoms with Crippen LogP contribution in [-0.2, 0) is 17.8 Å².